The number of anilines is 2. The molecule has 0 bridgehead atoms. The number of benzene rings is 1. The maximum Gasteiger partial charge on any atom is 0.226 e. The summed E-state index contributed by atoms with van der Waals surface area (Å²) in [6.45, 7) is 3.71. The molecule has 3 heterocycles. The van der Waals surface area contributed by atoms with Gasteiger partial charge in [0.2, 0.25) is 5.91 Å². The van der Waals surface area contributed by atoms with Crippen LogP contribution >= 0.6 is 23.8 Å². The van der Waals surface area contributed by atoms with Crippen LogP contribution in [0.1, 0.15) is 75.3 Å². The zero-order valence-electron chi connectivity index (χ0n) is 20.7. The fraction of sp³-hybridized carbons (Fsp3) is 0.393. The van der Waals surface area contributed by atoms with Crippen LogP contribution in [0.15, 0.2) is 61.1 Å². The topological polar surface area (TPSA) is 62.2 Å². The molecule has 1 aromatic carbocycles. The van der Waals surface area contributed by atoms with Gasteiger partial charge >= 0.3 is 0 Å². The Morgan fingerprint density at radius 1 is 1.17 bits per heavy atom. The number of hydrogen-bond acceptors (Lipinski definition) is 3. The Kier molecular flexibility index (Phi) is 7.30. The quantitative estimate of drug-likeness (QED) is 0.349. The van der Waals surface area contributed by atoms with Gasteiger partial charge in [0.15, 0.2) is 5.11 Å². The van der Waals surface area contributed by atoms with E-state index >= 15 is 0 Å². The van der Waals surface area contributed by atoms with E-state index in [1.165, 1.54) is 37.7 Å². The van der Waals surface area contributed by atoms with Crippen LogP contribution in [-0.4, -0.2) is 20.6 Å². The fourth-order valence-electron chi connectivity index (χ4n) is 5.22. The molecule has 6 nitrogen and oxygen atoms in total. The summed E-state index contributed by atoms with van der Waals surface area (Å²) in [6.07, 6.45) is 12.6. The SMILES string of the molecule is CC(C)C(=O)Nc1ccc(N2C(=S)N[C@@H](c3ccccn3)[C@H]2c2ccn(C3CCCCC3)c2)cc1Cl. The average molecular weight is 522 g/mol. The van der Waals surface area contributed by atoms with Crippen molar-refractivity contribution in [3.8, 4) is 0 Å². The molecule has 1 saturated carbocycles. The average Bonchev–Trinajstić information content (AvgIpc) is 3.51. The van der Waals surface area contributed by atoms with Crippen molar-refractivity contribution < 1.29 is 4.79 Å². The number of carbonyl (C=O) groups is 1. The summed E-state index contributed by atoms with van der Waals surface area (Å²) < 4.78 is 2.38. The van der Waals surface area contributed by atoms with Crippen LogP contribution in [0.25, 0.3) is 0 Å². The minimum absolute atomic E-state index is 0.0693. The van der Waals surface area contributed by atoms with E-state index < -0.39 is 0 Å². The van der Waals surface area contributed by atoms with Gasteiger partial charge in [0.05, 0.1) is 28.5 Å². The highest BCUT2D eigenvalue weighted by Gasteiger charge is 2.41. The van der Waals surface area contributed by atoms with E-state index in [2.05, 4.69) is 43.5 Å². The van der Waals surface area contributed by atoms with Gasteiger partial charge in [0, 0.05) is 36.2 Å². The number of pyridine rings is 1. The van der Waals surface area contributed by atoms with Gasteiger partial charge in [0.25, 0.3) is 0 Å². The summed E-state index contributed by atoms with van der Waals surface area (Å²) in [7, 11) is 0. The van der Waals surface area contributed by atoms with Crippen LogP contribution in [0.5, 0.6) is 0 Å². The Hall–Kier alpha value is -2.90. The first-order valence-electron chi connectivity index (χ1n) is 12.7. The molecule has 2 aromatic heterocycles. The van der Waals surface area contributed by atoms with Gasteiger partial charge in [-0.2, -0.15) is 0 Å². The molecular weight excluding hydrogens is 490 g/mol. The van der Waals surface area contributed by atoms with Crippen molar-refractivity contribution in [2.75, 3.05) is 10.2 Å². The second-order valence-corrected chi connectivity index (χ2v) is 10.8. The van der Waals surface area contributed by atoms with E-state index in [1.807, 2.05) is 56.4 Å². The summed E-state index contributed by atoms with van der Waals surface area (Å²) in [5.74, 6) is -0.201. The summed E-state index contributed by atoms with van der Waals surface area (Å²) >= 11 is 12.5. The van der Waals surface area contributed by atoms with E-state index in [4.69, 9.17) is 23.8 Å². The van der Waals surface area contributed by atoms with Crippen LogP contribution in [0, 0.1) is 5.92 Å². The van der Waals surface area contributed by atoms with Gasteiger partial charge in [-0.3, -0.25) is 9.78 Å². The molecule has 1 aliphatic heterocycles. The Balaban J connectivity index is 1.51. The third-order valence-corrected chi connectivity index (χ3v) is 7.81. The van der Waals surface area contributed by atoms with E-state index in [0.29, 0.717) is 21.9 Å². The van der Waals surface area contributed by atoms with E-state index in [1.54, 1.807) is 0 Å². The standard InChI is InChI=1S/C28H32ClN5OS/c1-18(2)27(35)31-23-12-11-21(16-22(23)29)34-26(25(32-28(34)36)24-10-6-7-14-30-24)19-13-15-33(17-19)20-8-4-3-5-9-20/h6-7,10-18,20,25-26H,3-5,8-9H2,1-2H3,(H,31,35)(H,32,36)/t25-,26+/m0/s1. The molecule has 1 saturated heterocycles. The van der Waals surface area contributed by atoms with Crippen molar-refractivity contribution in [3.05, 3.63) is 77.3 Å². The lowest BCUT2D eigenvalue weighted by Gasteiger charge is -2.28. The van der Waals surface area contributed by atoms with Crippen molar-refractivity contribution in [2.45, 2.75) is 64.1 Å². The number of thiocarbonyl (C=S) groups is 1. The summed E-state index contributed by atoms with van der Waals surface area (Å²) in [6, 6.07) is 14.2. The van der Waals surface area contributed by atoms with Gasteiger partial charge in [-0.1, -0.05) is 50.8 Å². The van der Waals surface area contributed by atoms with Crippen LogP contribution in [-0.2, 0) is 4.79 Å². The van der Waals surface area contributed by atoms with E-state index in [0.717, 1.165) is 11.4 Å². The Bertz CT molecular complexity index is 1240. The normalized spacial score (nSPS) is 20.6. The fourth-order valence-corrected chi connectivity index (χ4v) is 5.78. The zero-order chi connectivity index (χ0) is 25.2. The Morgan fingerprint density at radius 2 is 1.97 bits per heavy atom. The summed E-state index contributed by atoms with van der Waals surface area (Å²) in [5.41, 5.74) is 3.58. The largest absolute Gasteiger partial charge is 0.351 e. The number of aromatic nitrogens is 2. The monoisotopic (exact) mass is 521 g/mol. The third-order valence-electron chi connectivity index (χ3n) is 7.19. The number of nitrogens with zero attached hydrogens (tertiary/aromatic N) is 3. The summed E-state index contributed by atoms with van der Waals surface area (Å²) in [4.78, 5) is 19.0. The number of hydrogen-bond donors (Lipinski definition) is 2. The van der Waals surface area contributed by atoms with Crippen molar-refractivity contribution in [1.29, 1.82) is 0 Å². The molecule has 2 atom stereocenters. The number of rotatable bonds is 6. The molecular formula is C28H32ClN5OS. The number of halogens is 1. The van der Waals surface area contributed by atoms with Crippen molar-refractivity contribution in [3.63, 3.8) is 0 Å². The van der Waals surface area contributed by atoms with Gasteiger partial charge < -0.3 is 20.1 Å². The smallest absolute Gasteiger partial charge is 0.226 e. The molecule has 1 amide bonds. The lowest BCUT2D eigenvalue weighted by molar-refractivity contribution is -0.118. The lowest BCUT2D eigenvalue weighted by atomic mass is 9.95. The van der Waals surface area contributed by atoms with E-state index in [-0.39, 0.29) is 23.9 Å². The minimum Gasteiger partial charge on any atom is -0.351 e. The first kappa shape index (κ1) is 24.8. The van der Waals surface area contributed by atoms with Crippen molar-refractivity contribution in [2.24, 2.45) is 5.92 Å². The maximum absolute atomic E-state index is 12.2. The second kappa shape index (κ2) is 10.6. The molecule has 2 fully saturated rings. The van der Waals surface area contributed by atoms with Crippen LogP contribution in [0.3, 0.4) is 0 Å². The second-order valence-electron chi connectivity index (χ2n) is 9.99. The van der Waals surface area contributed by atoms with Gasteiger partial charge in [-0.15, -0.1) is 0 Å². The van der Waals surface area contributed by atoms with Crippen LogP contribution < -0.4 is 15.5 Å². The van der Waals surface area contributed by atoms with Crippen LogP contribution in [0.2, 0.25) is 5.02 Å². The first-order valence-corrected chi connectivity index (χ1v) is 13.5. The molecule has 2 aliphatic rings. The highest BCUT2D eigenvalue weighted by atomic mass is 35.5. The Labute approximate surface area is 223 Å². The number of nitrogens with one attached hydrogen (secondary N) is 2. The van der Waals surface area contributed by atoms with Crippen LogP contribution in [0.4, 0.5) is 11.4 Å². The van der Waals surface area contributed by atoms with E-state index in [9.17, 15) is 4.79 Å². The third kappa shape index (κ3) is 5.00. The van der Waals surface area contributed by atoms with Crippen molar-refractivity contribution >= 4 is 46.2 Å². The molecule has 36 heavy (non-hydrogen) atoms. The Morgan fingerprint density at radius 3 is 2.67 bits per heavy atom. The van der Waals surface area contributed by atoms with Gasteiger partial charge in [-0.25, -0.2) is 0 Å². The first-order chi connectivity index (χ1) is 17.4. The van der Waals surface area contributed by atoms with Crippen molar-refractivity contribution in [1.82, 2.24) is 14.9 Å². The van der Waals surface area contributed by atoms with Gasteiger partial charge in [0.1, 0.15) is 0 Å². The molecule has 0 radical (unpaired) electrons. The maximum atomic E-state index is 12.2. The molecule has 0 spiro atoms. The molecule has 8 heteroatoms. The molecule has 0 unspecified atom stereocenters. The molecule has 188 valence electrons. The lowest BCUT2D eigenvalue weighted by Crippen LogP contribution is -2.29. The van der Waals surface area contributed by atoms with Gasteiger partial charge in [-0.05, 0) is 67.0 Å². The zero-order valence-corrected chi connectivity index (χ0v) is 22.2. The predicted molar refractivity (Wildman–Crippen MR) is 149 cm³/mol. The number of carbonyl (C=O) groups excluding carboxylic acids is 1. The minimum atomic E-state index is -0.132. The highest BCUT2D eigenvalue weighted by molar-refractivity contribution is 7.80. The molecule has 3 aromatic rings. The predicted octanol–water partition coefficient (Wildman–Crippen LogP) is 6.81. The molecule has 2 N–H and O–H groups in total. The molecule has 5 rings (SSSR count). The number of amides is 1. The summed E-state index contributed by atoms with van der Waals surface area (Å²) in [5, 5.41) is 7.51. The highest BCUT2D eigenvalue weighted by Crippen LogP contribution is 2.43. The molecule has 1 aliphatic carbocycles.